The van der Waals surface area contributed by atoms with E-state index in [1.54, 1.807) is 19.2 Å². The van der Waals surface area contributed by atoms with Gasteiger partial charge in [-0.05, 0) is 13.1 Å². The Morgan fingerprint density at radius 1 is 1.35 bits per heavy atom. The van der Waals surface area contributed by atoms with Gasteiger partial charge in [-0.15, -0.1) is 0 Å². The molecule has 20 heavy (non-hydrogen) atoms. The molecule has 1 saturated heterocycles. The number of fused-ring (bicyclic) bond motifs is 1. The summed E-state index contributed by atoms with van der Waals surface area (Å²) in [7, 11) is 3.66. The van der Waals surface area contributed by atoms with Crippen molar-refractivity contribution in [1.29, 1.82) is 0 Å². The third-order valence-electron chi connectivity index (χ3n) is 4.34. The van der Waals surface area contributed by atoms with Gasteiger partial charge in [-0.3, -0.25) is 4.79 Å². The van der Waals surface area contributed by atoms with Gasteiger partial charge in [-0.2, -0.15) is 0 Å². The molecule has 0 unspecified atom stereocenters. The Morgan fingerprint density at radius 3 is 2.70 bits per heavy atom. The number of likely N-dealkylation sites (tertiary alicyclic amines) is 1. The van der Waals surface area contributed by atoms with Gasteiger partial charge in [0, 0.05) is 32.0 Å². The Bertz CT molecular complexity index is 548. The number of carbonyl (C=O) groups excluding carboxylic acids is 1. The number of anilines is 1. The number of piperidine rings is 1. The smallest absolute Gasteiger partial charge is 0.170 e. The second-order valence-corrected chi connectivity index (χ2v) is 5.78. The number of benzene rings is 1. The maximum atomic E-state index is 12.4. The highest BCUT2D eigenvalue weighted by atomic mass is 16.5. The van der Waals surface area contributed by atoms with E-state index < -0.39 is 0 Å². The molecule has 0 saturated carbocycles. The lowest BCUT2D eigenvalue weighted by Crippen LogP contribution is -2.50. The van der Waals surface area contributed by atoms with Crippen LogP contribution in [0, 0.1) is 0 Å². The molecule has 1 aromatic carbocycles. The molecule has 0 radical (unpaired) electrons. The fourth-order valence-corrected chi connectivity index (χ4v) is 3.02. The predicted molar refractivity (Wildman–Crippen MR) is 76.4 cm³/mol. The molecule has 1 aromatic rings. The zero-order valence-electron chi connectivity index (χ0n) is 11.9. The minimum Gasteiger partial charge on any atom is -0.494 e. The summed E-state index contributed by atoms with van der Waals surface area (Å²) in [5.74, 6) is 1.28. The quantitative estimate of drug-likeness (QED) is 0.791. The minimum absolute atomic E-state index is 0.116. The van der Waals surface area contributed by atoms with E-state index >= 15 is 0 Å². The van der Waals surface area contributed by atoms with Crippen molar-refractivity contribution < 1.29 is 14.3 Å². The molecule has 0 atom stereocenters. The Balaban J connectivity index is 1.96. The van der Waals surface area contributed by atoms with Gasteiger partial charge in [-0.1, -0.05) is 0 Å². The van der Waals surface area contributed by atoms with E-state index in [-0.39, 0.29) is 11.4 Å². The molecule has 0 bridgehead atoms. The fraction of sp³-hybridized carbons (Fsp3) is 0.533. The van der Waals surface area contributed by atoms with Crippen LogP contribution in [0.3, 0.4) is 0 Å². The molecule has 2 aliphatic rings. The number of nitrogen functional groups attached to an aromatic ring is 1. The number of ether oxygens (including phenoxy) is 2. The lowest BCUT2D eigenvalue weighted by molar-refractivity contribution is -0.00377. The largest absolute Gasteiger partial charge is 0.494 e. The SMILES string of the molecule is COc1cc2c(cc1N)C(=O)CC1(CCN(C)CC1)O2. The van der Waals surface area contributed by atoms with Crippen LogP contribution in [0.2, 0.25) is 0 Å². The number of Topliss-reactive ketones (excluding diaryl/α,β-unsaturated/α-hetero) is 1. The summed E-state index contributed by atoms with van der Waals surface area (Å²) in [6.07, 6.45) is 2.20. The second kappa shape index (κ2) is 4.66. The van der Waals surface area contributed by atoms with Gasteiger partial charge in [-0.25, -0.2) is 0 Å². The number of nitrogens with zero attached hydrogens (tertiary/aromatic N) is 1. The van der Waals surface area contributed by atoms with Crippen LogP contribution in [-0.4, -0.2) is 43.5 Å². The molecular weight excluding hydrogens is 256 g/mol. The second-order valence-electron chi connectivity index (χ2n) is 5.78. The van der Waals surface area contributed by atoms with E-state index in [0.29, 0.717) is 29.2 Å². The normalized spacial score (nSPS) is 21.4. The van der Waals surface area contributed by atoms with Crippen LogP contribution in [0.1, 0.15) is 29.6 Å². The van der Waals surface area contributed by atoms with Crippen molar-refractivity contribution in [2.45, 2.75) is 24.9 Å². The van der Waals surface area contributed by atoms with Crippen molar-refractivity contribution in [2.24, 2.45) is 0 Å². The van der Waals surface area contributed by atoms with Crippen LogP contribution in [0.25, 0.3) is 0 Å². The maximum absolute atomic E-state index is 12.4. The Kier molecular flexibility index (Phi) is 3.09. The average molecular weight is 276 g/mol. The zero-order valence-corrected chi connectivity index (χ0v) is 11.9. The monoisotopic (exact) mass is 276 g/mol. The van der Waals surface area contributed by atoms with Gasteiger partial charge in [0.15, 0.2) is 5.78 Å². The lowest BCUT2D eigenvalue weighted by Gasteiger charge is -2.43. The number of carbonyl (C=O) groups is 1. The third kappa shape index (κ3) is 2.12. The first-order valence-electron chi connectivity index (χ1n) is 6.91. The molecule has 5 heteroatoms. The summed E-state index contributed by atoms with van der Waals surface area (Å²) < 4.78 is 11.4. The molecule has 1 spiro atoms. The maximum Gasteiger partial charge on any atom is 0.170 e. The summed E-state index contributed by atoms with van der Waals surface area (Å²) in [6, 6.07) is 3.40. The van der Waals surface area contributed by atoms with Crippen LogP contribution < -0.4 is 15.2 Å². The van der Waals surface area contributed by atoms with Crippen molar-refractivity contribution in [2.75, 3.05) is 33.0 Å². The first kappa shape index (κ1) is 13.2. The standard InChI is InChI=1S/C15H20N2O3/c1-17-5-3-15(4-6-17)9-12(18)10-7-11(16)14(19-2)8-13(10)20-15/h7-8H,3-6,9,16H2,1-2H3. The number of rotatable bonds is 1. The summed E-state index contributed by atoms with van der Waals surface area (Å²) in [4.78, 5) is 14.7. The molecule has 0 aromatic heterocycles. The van der Waals surface area contributed by atoms with Crippen LogP contribution in [-0.2, 0) is 0 Å². The number of hydrogen-bond donors (Lipinski definition) is 1. The summed E-state index contributed by atoms with van der Waals surface area (Å²) in [5.41, 5.74) is 6.57. The molecule has 5 nitrogen and oxygen atoms in total. The summed E-state index contributed by atoms with van der Waals surface area (Å²) in [5, 5.41) is 0. The Morgan fingerprint density at radius 2 is 2.05 bits per heavy atom. The van der Waals surface area contributed by atoms with E-state index in [9.17, 15) is 4.79 Å². The van der Waals surface area contributed by atoms with E-state index in [1.807, 2.05) is 0 Å². The van der Waals surface area contributed by atoms with Gasteiger partial charge < -0.3 is 20.1 Å². The molecule has 108 valence electrons. The summed E-state index contributed by atoms with van der Waals surface area (Å²) in [6.45, 7) is 1.91. The summed E-state index contributed by atoms with van der Waals surface area (Å²) >= 11 is 0. The van der Waals surface area contributed by atoms with Crippen LogP contribution >= 0.6 is 0 Å². The van der Waals surface area contributed by atoms with E-state index in [2.05, 4.69) is 11.9 Å². The number of hydrogen-bond acceptors (Lipinski definition) is 5. The van der Waals surface area contributed by atoms with Gasteiger partial charge in [0.05, 0.1) is 24.8 Å². The first-order chi connectivity index (χ1) is 9.53. The van der Waals surface area contributed by atoms with E-state index in [1.165, 1.54) is 0 Å². The van der Waals surface area contributed by atoms with Crippen molar-refractivity contribution in [3.05, 3.63) is 17.7 Å². The van der Waals surface area contributed by atoms with Gasteiger partial charge in [0.25, 0.3) is 0 Å². The van der Waals surface area contributed by atoms with Crippen molar-refractivity contribution >= 4 is 11.5 Å². The minimum atomic E-state index is -0.349. The van der Waals surface area contributed by atoms with E-state index in [4.69, 9.17) is 15.2 Å². The number of nitrogens with two attached hydrogens (primary N) is 1. The number of ketones is 1. The highest BCUT2D eigenvalue weighted by Crippen LogP contribution is 2.42. The molecule has 2 aliphatic heterocycles. The predicted octanol–water partition coefficient (Wildman–Crippen LogP) is 1.71. The lowest BCUT2D eigenvalue weighted by atomic mass is 9.82. The Labute approximate surface area is 118 Å². The van der Waals surface area contributed by atoms with Crippen molar-refractivity contribution in [1.82, 2.24) is 4.90 Å². The fourth-order valence-electron chi connectivity index (χ4n) is 3.02. The van der Waals surface area contributed by atoms with Crippen LogP contribution in [0.15, 0.2) is 12.1 Å². The van der Waals surface area contributed by atoms with Gasteiger partial charge >= 0.3 is 0 Å². The highest BCUT2D eigenvalue weighted by Gasteiger charge is 2.42. The van der Waals surface area contributed by atoms with Crippen molar-refractivity contribution in [3.8, 4) is 11.5 Å². The molecule has 2 heterocycles. The number of methoxy groups -OCH3 is 1. The topological polar surface area (TPSA) is 64.8 Å². The molecular formula is C15H20N2O3. The highest BCUT2D eigenvalue weighted by molar-refractivity contribution is 6.01. The van der Waals surface area contributed by atoms with Crippen LogP contribution in [0.5, 0.6) is 11.5 Å². The third-order valence-corrected chi connectivity index (χ3v) is 4.34. The molecule has 3 rings (SSSR count). The molecule has 0 amide bonds. The van der Waals surface area contributed by atoms with Crippen molar-refractivity contribution in [3.63, 3.8) is 0 Å². The average Bonchev–Trinajstić information content (AvgIpc) is 2.43. The van der Waals surface area contributed by atoms with Crippen LogP contribution in [0.4, 0.5) is 5.69 Å². The molecule has 0 aliphatic carbocycles. The first-order valence-corrected chi connectivity index (χ1v) is 6.91. The molecule has 1 fully saturated rings. The molecule has 2 N–H and O–H groups in total. The van der Waals surface area contributed by atoms with Gasteiger partial charge in [0.2, 0.25) is 0 Å². The Hall–Kier alpha value is -1.75. The van der Waals surface area contributed by atoms with E-state index in [0.717, 1.165) is 25.9 Å². The zero-order chi connectivity index (χ0) is 14.3. The van der Waals surface area contributed by atoms with Gasteiger partial charge in [0.1, 0.15) is 17.1 Å².